The Morgan fingerprint density at radius 3 is 2.30 bits per heavy atom. The molecule has 1 atom stereocenters. The van der Waals surface area contributed by atoms with Crippen molar-refractivity contribution in [2.75, 3.05) is 13.7 Å². The molecule has 0 bridgehead atoms. The van der Waals surface area contributed by atoms with Gasteiger partial charge in [-0.1, -0.05) is 60.7 Å². The molecule has 7 nitrogen and oxygen atoms in total. The third-order valence-electron chi connectivity index (χ3n) is 5.13. The molecule has 0 aromatic heterocycles. The first-order valence-electron chi connectivity index (χ1n) is 9.47. The highest BCUT2D eigenvalue weighted by molar-refractivity contribution is 5.98. The second-order valence-corrected chi connectivity index (χ2v) is 6.89. The summed E-state index contributed by atoms with van der Waals surface area (Å²) in [5.74, 6) is -1.31. The van der Waals surface area contributed by atoms with E-state index in [2.05, 4.69) is 27.5 Å². The number of carbonyl (C=O) groups is 3. The Kier molecular flexibility index (Phi) is 5.34. The van der Waals surface area contributed by atoms with Gasteiger partial charge in [0.05, 0.1) is 7.11 Å². The molecule has 2 aromatic rings. The standard InChI is InChI=1S/C23H20N2O5/c1-29-22(27)20-12-6-11-19(21(26)24-20)25-23(28)30-13-18-16-9-4-2-7-14(16)15-8-3-5-10-17(15)18/h2-12,18-19H,13H2,1H3,(H,24,26)(H,25,28)/t19-/m0/s1. The van der Waals surface area contributed by atoms with Gasteiger partial charge >= 0.3 is 12.1 Å². The predicted octanol–water partition coefficient (Wildman–Crippen LogP) is 2.64. The molecule has 152 valence electrons. The molecule has 1 aliphatic carbocycles. The number of methoxy groups -OCH3 is 1. The lowest BCUT2D eigenvalue weighted by molar-refractivity contribution is -0.137. The molecule has 2 amide bonds. The lowest BCUT2D eigenvalue weighted by atomic mass is 9.98. The van der Waals surface area contributed by atoms with Crippen molar-refractivity contribution < 1.29 is 23.9 Å². The number of esters is 1. The Balaban J connectivity index is 1.40. The highest BCUT2D eigenvalue weighted by Crippen LogP contribution is 2.44. The largest absolute Gasteiger partial charge is 0.464 e. The summed E-state index contributed by atoms with van der Waals surface area (Å²) in [5, 5.41) is 4.94. The van der Waals surface area contributed by atoms with Gasteiger partial charge in [0.2, 0.25) is 0 Å². The highest BCUT2D eigenvalue weighted by atomic mass is 16.5. The van der Waals surface area contributed by atoms with Gasteiger partial charge in [0.15, 0.2) is 0 Å². The number of amides is 2. The van der Waals surface area contributed by atoms with Crippen molar-refractivity contribution in [3.05, 3.63) is 83.6 Å². The summed E-state index contributed by atoms with van der Waals surface area (Å²) >= 11 is 0. The van der Waals surface area contributed by atoms with E-state index in [-0.39, 0.29) is 18.2 Å². The molecule has 1 aliphatic heterocycles. The highest BCUT2D eigenvalue weighted by Gasteiger charge is 2.30. The van der Waals surface area contributed by atoms with Gasteiger partial charge in [0.25, 0.3) is 5.91 Å². The summed E-state index contributed by atoms with van der Waals surface area (Å²) < 4.78 is 10.0. The number of benzene rings is 2. The number of alkyl carbamates (subject to hydrolysis) is 1. The maximum atomic E-state index is 12.4. The molecule has 0 unspecified atom stereocenters. The van der Waals surface area contributed by atoms with Crippen LogP contribution < -0.4 is 10.6 Å². The SMILES string of the molecule is COC(=O)C1=CC=C[C@H](NC(=O)OCC2c3ccccc3-c3ccccc32)C(=O)N1. The molecule has 2 aliphatic rings. The van der Waals surface area contributed by atoms with Crippen LogP contribution in [0.15, 0.2) is 72.5 Å². The van der Waals surface area contributed by atoms with Gasteiger partial charge in [-0.2, -0.15) is 0 Å². The number of fused-ring (bicyclic) bond motifs is 3. The average Bonchev–Trinajstić information content (AvgIpc) is 2.97. The second-order valence-electron chi connectivity index (χ2n) is 6.89. The van der Waals surface area contributed by atoms with E-state index in [1.165, 1.54) is 25.3 Å². The zero-order chi connectivity index (χ0) is 21.1. The quantitative estimate of drug-likeness (QED) is 0.764. The minimum atomic E-state index is -0.973. The van der Waals surface area contributed by atoms with Crippen LogP contribution in [0.3, 0.4) is 0 Å². The monoisotopic (exact) mass is 404 g/mol. The van der Waals surface area contributed by atoms with Gasteiger partial charge < -0.3 is 20.1 Å². The van der Waals surface area contributed by atoms with Crippen LogP contribution in [0.1, 0.15) is 17.0 Å². The minimum absolute atomic E-state index is 0.00409. The molecule has 4 rings (SSSR count). The Hall–Kier alpha value is -3.87. The number of carbonyl (C=O) groups excluding carboxylic acids is 3. The van der Waals surface area contributed by atoms with Crippen molar-refractivity contribution in [2.24, 2.45) is 0 Å². The Bertz CT molecular complexity index is 1030. The van der Waals surface area contributed by atoms with Crippen LogP contribution in [0.25, 0.3) is 11.1 Å². The van der Waals surface area contributed by atoms with Crippen LogP contribution in [-0.4, -0.2) is 37.7 Å². The summed E-state index contributed by atoms with van der Waals surface area (Å²) in [6.45, 7) is 0.142. The summed E-state index contributed by atoms with van der Waals surface area (Å²) in [4.78, 5) is 36.2. The molecule has 0 saturated carbocycles. The van der Waals surface area contributed by atoms with Gasteiger partial charge in [0, 0.05) is 5.92 Å². The number of ether oxygens (including phenoxy) is 2. The van der Waals surface area contributed by atoms with Crippen LogP contribution in [-0.2, 0) is 19.1 Å². The molecule has 1 heterocycles. The minimum Gasteiger partial charge on any atom is -0.464 e. The molecule has 7 heteroatoms. The molecule has 0 spiro atoms. The van der Waals surface area contributed by atoms with E-state index in [1.54, 1.807) is 0 Å². The van der Waals surface area contributed by atoms with Gasteiger partial charge in [-0.25, -0.2) is 9.59 Å². The first-order valence-corrected chi connectivity index (χ1v) is 9.47. The van der Waals surface area contributed by atoms with Gasteiger partial charge in [-0.05, 0) is 28.3 Å². The maximum absolute atomic E-state index is 12.4. The molecule has 0 saturated heterocycles. The third kappa shape index (κ3) is 3.69. The van der Waals surface area contributed by atoms with E-state index in [1.807, 2.05) is 36.4 Å². The van der Waals surface area contributed by atoms with Crippen molar-refractivity contribution in [2.45, 2.75) is 12.0 Å². The zero-order valence-corrected chi connectivity index (χ0v) is 16.3. The normalized spacial score (nSPS) is 17.2. The van der Waals surface area contributed by atoms with Crippen molar-refractivity contribution in [3.63, 3.8) is 0 Å². The first-order chi connectivity index (χ1) is 14.6. The second kappa shape index (κ2) is 8.24. The van der Waals surface area contributed by atoms with Crippen LogP contribution in [0.5, 0.6) is 0 Å². The van der Waals surface area contributed by atoms with Gasteiger partial charge in [-0.15, -0.1) is 0 Å². The Morgan fingerprint density at radius 2 is 1.67 bits per heavy atom. The lowest BCUT2D eigenvalue weighted by Crippen LogP contribution is -2.45. The van der Waals surface area contributed by atoms with E-state index in [0.29, 0.717) is 0 Å². The summed E-state index contributed by atoms with van der Waals surface area (Å²) in [6, 6.07) is 15.1. The van der Waals surface area contributed by atoms with Crippen molar-refractivity contribution in [3.8, 4) is 11.1 Å². The summed E-state index contributed by atoms with van der Waals surface area (Å²) in [6.07, 6.45) is 3.65. The smallest absolute Gasteiger partial charge is 0.408 e. The van der Waals surface area contributed by atoms with Crippen molar-refractivity contribution >= 4 is 18.0 Å². The van der Waals surface area contributed by atoms with Crippen molar-refractivity contribution in [1.82, 2.24) is 10.6 Å². The maximum Gasteiger partial charge on any atom is 0.408 e. The van der Waals surface area contributed by atoms with Crippen molar-refractivity contribution in [1.29, 1.82) is 0 Å². The number of allylic oxidation sites excluding steroid dienone is 2. The average molecular weight is 404 g/mol. The third-order valence-corrected chi connectivity index (χ3v) is 5.13. The lowest BCUT2D eigenvalue weighted by Gasteiger charge is -2.17. The summed E-state index contributed by atoms with van der Waals surface area (Å²) in [5.41, 5.74) is 4.47. The van der Waals surface area contributed by atoms with Crippen LogP contribution in [0.2, 0.25) is 0 Å². The van der Waals surface area contributed by atoms with E-state index in [0.717, 1.165) is 22.3 Å². The summed E-state index contributed by atoms with van der Waals surface area (Å²) in [7, 11) is 1.22. The molecule has 0 fully saturated rings. The topological polar surface area (TPSA) is 93.7 Å². The molecular formula is C23H20N2O5. The molecular weight excluding hydrogens is 384 g/mol. The van der Waals surface area contributed by atoms with E-state index in [9.17, 15) is 14.4 Å². The Labute approximate surface area is 173 Å². The number of nitrogens with one attached hydrogen (secondary N) is 2. The molecule has 0 radical (unpaired) electrons. The molecule has 2 N–H and O–H groups in total. The number of hydrogen-bond donors (Lipinski definition) is 2. The van der Waals surface area contributed by atoms with E-state index in [4.69, 9.17) is 4.74 Å². The number of rotatable bonds is 4. The van der Waals surface area contributed by atoms with Crippen LogP contribution in [0, 0.1) is 0 Å². The first kappa shape index (κ1) is 19.4. The van der Waals surface area contributed by atoms with Crippen LogP contribution in [0.4, 0.5) is 4.79 Å². The molecule has 2 aromatic carbocycles. The van der Waals surface area contributed by atoms with Crippen LogP contribution >= 0.6 is 0 Å². The Morgan fingerprint density at radius 1 is 1.03 bits per heavy atom. The van der Waals surface area contributed by atoms with Gasteiger partial charge in [-0.3, -0.25) is 4.79 Å². The van der Waals surface area contributed by atoms with E-state index < -0.39 is 24.0 Å². The fourth-order valence-electron chi connectivity index (χ4n) is 3.71. The zero-order valence-electron chi connectivity index (χ0n) is 16.3. The fourth-order valence-corrected chi connectivity index (χ4v) is 3.71. The molecule has 30 heavy (non-hydrogen) atoms. The van der Waals surface area contributed by atoms with E-state index >= 15 is 0 Å². The fraction of sp³-hybridized carbons (Fsp3) is 0.174. The van der Waals surface area contributed by atoms with Gasteiger partial charge in [0.1, 0.15) is 18.3 Å². The number of hydrogen-bond acceptors (Lipinski definition) is 5. The predicted molar refractivity (Wildman–Crippen MR) is 109 cm³/mol.